The van der Waals surface area contributed by atoms with Gasteiger partial charge in [-0.15, -0.1) is 0 Å². The van der Waals surface area contributed by atoms with Gasteiger partial charge in [-0.25, -0.2) is 14.5 Å². The van der Waals surface area contributed by atoms with Gasteiger partial charge < -0.3 is 13.8 Å². The van der Waals surface area contributed by atoms with Crippen LogP contribution in [0.2, 0.25) is 0 Å². The molecule has 31 heavy (non-hydrogen) atoms. The largest absolute Gasteiger partial charge is 0.479 e. The summed E-state index contributed by atoms with van der Waals surface area (Å²) in [6, 6.07) is 3.67. The molecule has 5 aromatic heterocycles. The molecule has 5 rings (SSSR count). The fourth-order valence-electron chi connectivity index (χ4n) is 3.34. The molecule has 0 spiro atoms. The van der Waals surface area contributed by atoms with Crippen molar-refractivity contribution in [2.75, 3.05) is 7.11 Å². The maximum absolute atomic E-state index is 12.8. The topological polar surface area (TPSA) is 109 Å². The van der Waals surface area contributed by atoms with Gasteiger partial charge in [-0.2, -0.15) is 28.2 Å². The Morgan fingerprint density at radius 2 is 2.03 bits per heavy atom. The van der Waals surface area contributed by atoms with Crippen LogP contribution in [0, 0.1) is 6.92 Å². The Labute approximate surface area is 171 Å². The predicted octanol–water partition coefficient (Wildman–Crippen LogP) is 2.91. The van der Waals surface area contributed by atoms with Crippen LogP contribution in [0.15, 0.2) is 35.4 Å². The van der Waals surface area contributed by atoms with E-state index in [1.165, 1.54) is 13.4 Å². The minimum Gasteiger partial charge on any atom is -0.479 e. The Balaban J connectivity index is 1.60. The summed E-state index contributed by atoms with van der Waals surface area (Å²) < 4.78 is 51.7. The standard InChI is InChI=1S/C18H13F3N8O2/c1-9-25-15-12(28(9)7-13-26-17(27-31-13)18(19,20)21)5-10(6-22-15)11-3-4-29-14(11)16(30-2)23-8-24-29/h3-6,8H,7H2,1-2H3. The van der Waals surface area contributed by atoms with E-state index in [0.29, 0.717) is 28.4 Å². The molecule has 0 bridgehead atoms. The van der Waals surface area contributed by atoms with Crippen LogP contribution < -0.4 is 4.74 Å². The highest BCUT2D eigenvalue weighted by molar-refractivity contribution is 5.87. The number of fused-ring (bicyclic) bond motifs is 2. The molecule has 13 heteroatoms. The number of aromatic nitrogens is 8. The minimum absolute atomic E-state index is 0.0838. The lowest BCUT2D eigenvalue weighted by Gasteiger charge is -2.06. The van der Waals surface area contributed by atoms with E-state index in [9.17, 15) is 13.2 Å². The van der Waals surface area contributed by atoms with E-state index in [0.717, 1.165) is 11.1 Å². The van der Waals surface area contributed by atoms with E-state index in [4.69, 9.17) is 9.26 Å². The fourth-order valence-corrected chi connectivity index (χ4v) is 3.34. The first kappa shape index (κ1) is 19.0. The lowest BCUT2D eigenvalue weighted by atomic mass is 10.1. The third-order valence-electron chi connectivity index (χ3n) is 4.74. The average Bonchev–Trinajstić information content (AvgIpc) is 3.45. The molecule has 0 aliphatic heterocycles. The second-order valence-corrected chi connectivity index (χ2v) is 6.61. The second kappa shape index (κ2) is 6.75. The molecule has 0 N–H and O–H groups in total. The first-order valence-electron chi connectivity index (χ1n) is 8.94. The van der Waals surface area contributed by atoms with E-state index in [-0.39, 0.29) is 12.4 Å². The van der Waals surface area contributed by atoms with Gasteiger partial charge in [-0.1, -0.05) is 5.16 Å². The van der Waals surface area contributed by atoms with E-state index in [2.05, 4.69) is 30.2 Å². The number of nitrogens with zero attached hydrogens (tertiary/aromatic N) is 8. The summed E-state index contributed by atoms with van der Waals surface area (Å²) in [6.07, 6.45) is 0.114. The highest BCUT2D eigenvalue weighted by atomic mass is 19.4. The third-order valence-corrected chi connectivity index (χ3v) is 4.74. The summed E-state index contributed by atoms with van der Waals surface area (Å²) in [5.74, 6) is -0.584. The monoisotopic (exact) mass is 430 g/mol. The van der Waals surface area contributed by atoms with Crippen molar-refractivity contribution in [2.45, 2.75) is 19.6 Å². The zero-order valence-electron chi connectivity index (χ0n) is 16.1. The molecule has 0 unspecified atom stereocenters. The van der Waals surface area contributed by atoms with Crippen molar-refractivity contribution < 1.29 is 22.4 Å². The Morgan fingerprint density at radius 1 is 1.19 bits per heavy atom. The maximum atomic E-state index is 12.8. The molecule has 0 fully saturated rings. The van der Waals surface area contributed by atoms with Crippen molar-refractivity contribution in [3.63, 3.8) is 0 Å². The van der Waals surface area contributed by atoms with Gasteiger partial charge in [0, 0.05) is 23.5 Å². The normalized spacial score (nSPS) is 12.2. The Bertz CT molecular complexity index is 1420. The smallest absolute Gasteiger partial charge is 0.455 e. The number of ether oxygens (including phenoxy) is 1. The lowest BCUT2D eigenvalue weighted by molar-refractivity contribution is -0.146. The van der Waals surface area contributed by atoms with Gasteiger partial charge in [0.1, 0.15) is 24.2 Å². The number of imidazole rings is 1. The molecule has 158 valence electrons. The van der Waals surface area contributed by atoms with Crippen LogP contribution in [-0.4, -0.2) is 46.4 Å². The quantitative estimate of drug-likeness (QED) is 0.428. The summed E-state index contributed by atoms with van der Waals surface area (Å²) in [5.41, 5.74) is 3.18. The van der Waals surface area contributed by atoms with Crippen molar-refractivity contribution in [3.8, 4) is 17.0 Å². The Morgan fingerprint density at radius 3 is 2.77 bits per heavy atom. The molecule has 0 aromatic carbocycles. The van der Waals surface area contributed by atoms with Crippen LogP contribution in [-0.2, 0) is 12.7 Å². The van der Waals surface area contributed by atoms with Crippen molar-refractivity contribution in [1.29, 1.82) is 0 Å². The van der Waals surface area contributed by atoms with Crippen LogP contribution in [0.25, 0.3) is 27.8 Å². The van der Waals surface area contributed by atoms with Crippen molar-refractivity contribution >= 4 is 16.7 Å². The van der Waals surface area contributed by atoms with E-state index in [1.807, 2.05) is 12.1 Å². The lowest BCUT2D eigenvalue weighted by Crippen LogP contribution is -2.08. The second-order valence-electron chi connectivity index (χ2n) is 6.61. The molecule has 0 radical (unpaired) electrons. The van der Waals surface area contributed by atoms with Gasteiger partial charge in [-0.3, -0.25) is 0 Å². The number of hydrogen-bond donors (Lipinski definition) is 0. The number of alkyl halides is 3. The fraction of sp³-hybridized carbons (Fsp3) is 0.222. The summed E-state index contributed by atoms with van der Waals surface area (Å²) in [6.45, 7) is 1.63. The number of rotatable bonds is 4. The van der Waals surface area contributed by atoms with Crippen LogP contribution >= 0.6 is 0 Å². The van der Waals surface area contributed by atoms with Gasteiger partial charge in [-0.05, 0) is 19.1 Å². The zero-order valence-corrected chi connectivity index (χ0v) is 16.1. The number of halogens is 3. The van der Waals surface area contributed by atoms with Gasteiger partial charge >= 0.3 is 6.18 Å². The van der Waals surface area contributed by atoms with Crippen LogP contribution in [0.3, 0.4) is 0 Å². The first-order valence-corrected chi connectivity index (χ1v) is 8.94. The summed E-state index contributed by atoms with van der Waals surface area (Å²) in [7, 11) is 1.51. The van der Waals surface area contributed by atoms with E-state index < -0.39 is 12.0 Å². The molecular formula is C18H13F3N8O2. The van der Waals surface area contributed by atoms with Crippen LogP contribution in [0.5, 0.6) is 5.88 Å². The molecule has 10 nitrogen and oxygen atoms in total. The molecule has 0 saturated carbocycles. The van der Waals surface area contributed by atoms with Crippen LogP contribution in [0.4, 0.5) is 13.2 Å². The maximum Gasteiger partial charge on any atom is 0.455 e. The first-order chi connectivity index (χ1) is 14.8. The number of methoxy groups -OCH3 is 1. The molecule has 0 aliphatic rings. The van der Waals surface area contributed by atoms with Crippen molar-refractivity contribution in [2.24, 2.45) is 0 Å². The van der Waals surface area contributed by atoms with E-state index in [1.54, 1.807) is 28.4 Å². The minimum atomic E-state index is -4.68. The molecule has 5 heterocycles. The van der Waals surface area contributed by atoms with Crippen molar-refractivity contribution in [3.05, 3.63) is 48.4 Å². The summed E-state index contributed by atoms with van der Waals surface area (Å²) >= 11 is 0. The summed E-state index contributed by atoms with van der Waals surface area (Å²) in [4.78, 5) is 16.3. The molecule has 5 aromatic rings. The molecule has 0 amide bonds. The molecule has 0 aliphatic carbocycles. The highest BCUT2D eigenvalue weighted by Crippen LogP contribution is 2.32. The van der Waals surface area contributed by atoms with Gasteiger partial charge in [0.25, 0.3) is 5.82 Å². The SMILES string of the molecule is COc1ncnn2ccc(-c3cnc4nc(C)n(Cc5nc(C(F)(F)F)no5)c4c3)c12. The summed E-state index contributed by atoms with van der Waals surface area (Å²) in [5, 5.41) is 7.16. The van der Waals surface area contributed by atoms with Crippen molar-refractivity contribution in [1.82, 2.24) is 39.3 Å². The zero-order chi connectivity index (χ0) is 21.8. The van der Waals surface area contributed by atoms with Crippen LogP contribution in [0.1, 0.15) is 17.5 Å². The van der Waals surface area contributed by atoms with Gasteiger partial charge in [0.15, 0.2) is 5.65 Å². The molecular weight excluding hydrogens is 417 g/mol. The van der Waals surface area contributed by atoms with Gasteiger partial charge in [0.2, 0.25) is 11.8 Å². The Hall–Kier alpha value is -4.03. The number of hydrogen-bond acceptors (Lipinski definition) is 8. The Kier molecular flexibility index (Phi) is 4.13. The molecule has 0 atom stereocenters. The van der Waals surface area contributed by atoms with Gasteiger partial charge in [0.05, 0.1) is 12.6 Å². The molecule has 0 saturated heterocycles. The third kappa shape index (κ3) is 3.14. The van der Waals surface area contributed by atoms with E-state index >= 15 is 0 Å². The predicted molar refractivity (Wildman–Crippen MR) is 99.2 cm³/mol. The number of aryl methyl sites for hydroxylation is 1. The number of pyridine rings is 1. The average molecular weight is 430 g/mol. The highest BCUT2D eigenvalue weighted by Gasteiger charge is 2.37.